The van der Waals surface area contributed by atoms with Crippen LogP contribution in [0.2, 0.25) is 0 Å². The quantitative estimate of drug-likeness (QED) is 0.704. The lowest BCUT2D eigenvalue weighted by Gasteiger charge is -2.21. The van der Waals surface area contributed by atoms with Crippen molar-refractivity contribution < 1.29 is 4.79 Å². The smallest absolute Gasteiger partial charge is 0.224 e. The zero-order valence-electron chi connectivity index (χ0n) is 8.88. The van der Waals surface area contributed by atoms with Gasteiger partial charge in [0.25, 0.3) is 0 Å². The molecule has 1 saturated carbocycles. The van der Waals surface area contributed by atoms with Crippen LogP contribution >= 0.6 is 0 Å². The summed E-state index contributed by atoms with van der Waals surface area (Å²) in [7, 11) is 0. The predicted octanol–water partition coefficient (Wildman–Crippen LogP) is 0.901. The van der Waals surface area contributed by atoms with E-state index < -0.39 is 0 Å². The number of hydrogen-bond donors (Lipinski definition) is 2. The molecule has 2 aliphatic rings. The molecule has 0 radical (unpaired) electrons. The number of amides is 1. The highest BCUT2D eigenvalue weighted by atomic mass is 16.2. The Morgan fingerprint density at radius 2 is 2.43 bits per heavy atom. The van der Waals surface area contributed by atoms with Crippen LogP contribution in [0.15, 0.2) is 0 Å². The van der Waals surface area contributed by atoms with Crippen molar-refractivity contribution >= 4 is 5.91 Å². The van der Waals surface area contributed by atoms with Crippen LogP contribution in [0.25, 0.3) is 0 Å². The number of piperidine rings is 1. The van der Waals surface area contributed by atoms with Gasteiger partial charge in [0.15, 0.2) is 0 Å². The van der Waals surface area contributed by atoms with Crippen molar-refractivity contribution in [1.29, 1.82) is 0 Å². The Labute approximate surface area is 85.6 Å². The maximum atomic E-state index is 11.8. The summed E-state index contributed by atoms with van der Waals surface area (Å²) in [5.74, 6) is 1.26. The van der Waals surface area contributed by atoms with Crippen molar-refractivity contribution in [3.05, 3.63) is 0 Å². The van der Waals surface area contributed by atoms with Crippen LogP contribution in [0.4, 0.5) is 0 Å². The lowest BCUT2D eigenvalue weighted by Crippen LogP contribution is -2.41. The lowest BCUT2D eigenvalue weighted by atomic mass is 9.99. The Morgan fingerprint density at radius 1 is 1.57 bits per heavy atom. The first-order chi connectivity index (χ1) is 6.81. The number of carbonyl (C=O) groups is 1. The van der Waals surface area contributed by atoms with Gasteiger partial charge in [-0.05, 0) is 31.7 Å². The third-order valence-corrected chi connectivity index (χ3v) is 3.44. The molecule has 3 heteroatoms. The van der Waals surface area contributed by atoms with E-state index in [2.05, 4.69) is 17.6 Å². The van der Waals surface area contributed by atoms with Crippen molar-refractivity contribution in [1.82, 2.24) is 10.6 Å². The third kappa shape index (κ3) is 2.27. The summed E-state index contributed by atoms with van der Waals surface area (Å²) >= 11 is 0. The minimum Gasteiger partial charge on any atom is -0.353 e. The average Bonchev–Trinajstić information content (AvgIpc) is 2.98. The number of nitrogens with one attached hydrogen (secondary N) is 2. The largest absolute Gasteiger partial charge is 0.353 e. The monoisotopic (exact) mass is 196 g/mol. The SMILES string of the molecule is CCC1CC1NC(=O)C1CCCNC1. The van der Waals surface area contributed by atoms with Gasteiger partial charge < -0.3 is 10.6 Å². The first kappa shape index (κ1) is 9.97. The summed E-state index contributed by atoms with van der Waals surface area (Å²) in [6.45, 7) is 4.14. The molecule has 1 aliphatic carbocycles. The lowest BCUT2D eigenvalue weighted by molar-refractivity contribution is -0.125. The molecule has 2 rings (SSSR count). The second-order valence-electron chi connectivity index (χ2n) is 4.56. The first-order valence-electron chi connectivity index (χ1n) is 5.82. The minimum absolute atomic E-state index is 0.224. The Kier molecular flexibility index (Phi) is 3.06. The molecule has 1 amide bonds. The van der Waals surface area contributed by atoms with E-state index in [1.807, 2.05) is 0 Å². The molecule has 0 aromatic heterocycles. The van der Waals surface area contributed by atoms with Gasteiger partial charge in [0.1, 0.15) is 0 Å². The Bertz CT molecular complexity index is 211. The number of rotatable bonds is 3. The Balaban J connectivity index is 1.72. The first-order valence-corrected chi connectivity index (χ1v) is 5.82. The summed E-state index contributed by atoms with van der Waals surface area (Å²) in [5.41, 5.74) is 0. The zero-order valence-corrected chi connectivity index (χ0v) is 8.88. The maximum Gasteiger partial charge on any atom is 0.224 e. The molecule has 1 saturated heterocycles. The summed E-state index contributed by atoms with van der Waals surface area (Å²) in [5, 5.41) is 6.42. The molecule has 1 heterocycles. The fraction of sp³-hybridized carbons (Fsp3) is 0.909. The fourth-order valence-corrected chi connectivity index (χ4v) is 2.25. The molecule has 0 aromatic rings. The molecule has 80 valence electrons. The highest BCUT2D eigenvalue weighted by Gasteiger charge is 2.37. The van der Waals surface area contributed by atoms with Gasteiger partial charge in [-0.15, -0.1) is 0 Å². The van der Waals surface area contributed by atoms with Crippen LogP contribution in [-0.2, 0) is 4.79 Å². The standard InChI is InChI=1S/C11H20N2O/c1-2-8-6-10(8)13-11(14)9-4-3-5-12-7-9/h8-10,12H,2-7H2,1H3,(H,13,14). The molecule has 3 nitrogen and oxygen atoms in total. The van der Waals surface area contributed by atoms with Crippen molar-refractivity contribution in [3.8, 4) is 0 Å². The van der Waals surface area contributed by atoms with E-state index in [9.17, 15) is 4.79 Å². The summed E-state index contributed by atoms with van der Waals surface area (Å²) < 4.78 is 0. The van der Waals surface area contributed by atoms with E-state index in [-0.39, 0.29) is 11.8 Å². The summed E-state index contributed by atoms with van der Waals surface area (Å²) in [6.07, 6.45) is 4.60. The fourth-order valence-electron chi connectivity index (χ4n) is 2.25. The summed E-state index contributed by atoms with van der Waals surface area (Å²) in [4.78, 5) is 11.8. The van der Waals surface area contributed by atoms with E-state index in [0.29, 0.717) is 6.04 Å². The average molecular weight is 196 g/mol. The summed E-state index contributed by atoms with van der Waals surface area (Å²) in [6, 6.07) is 0.495. The zero-order chi connectivity index (χ0) is 9.97. The van der Waals surface area contributed by atoms with Crippen molar-refractivity contribution in [3.63, 3.8) is 0 Å². The molecule has 0 aromatic carbocycles. The van der Waals surface area contributed by atoms with Crippen LogP contribution in [0.5, 0.6) is 0 Å². The number of hydrogen-bond acceptors (Lipinski definition) is 2. The van der Waals surface area contributed by atoms with Gasteiger partial charge in [-0.3, -0.25) is 4.79 Å². The molecular weight excluding hydrogens is 176 g/mol. The Morgan fingerprint density at radius 3 is 3.00 bits per heavy atom. The van der Waals surface area contributed by atoms with Gasteiger partial charge >= 0.3 is 0 Å². The van der Waals surface area contributed by atoms with Crippen LogP contribution < -0.4 is 10.6 Å². The van der Waals surface area contributed by atoms with Gasteiger partial charge in [0.2, 0.25) is 5.91 Å². The second kappa shape index (κ2) is 4.30. The van der Waals surface area contributed by atoms with Crippen LogP contribution in [-0.4, -0.2) is 25.0 Å². The van der Waals surface area contributed by atoms with E-state index >= 15 is 0 Å². The topological polar surface area (TPSA) is 41.1 Å². The van der Waals surface area contributed by atoms with Gasteiger partial charge in [0, 0.05) is 12.6 Å². The van der Waals surface area contributed by atoms with Crippen molar-refractivity contribution in [2.24, 2.45) is 11.8 Å². The van der Waals surface area contributed by atoms with E-state index in [4.69, 9.17) is 0 Å². The van der Waals surface area contributed by atoms with E-state index in [1.54, 1.807) is 0 Å². The van der Waals surface area contributed by atoms with Crippen LogP contribution in [0.3, 0.4) is 0 Å². The van der Waals surface area contributed by atoms with E-state index in [1.165, 1.54) is 12.8 Å². The molecule has 0 spiro atoms. The van der Waals surface area contributed by atoms with Gasteiger partial charge in [-0.1, -0.05) is 13.3 Å². The number of carbonyl (C=O) groups excluding carboxylic acids is 1. The van der Waals surface area contributed by atoms with Crippen LogP contribution in [0.1, 0.15) is 32.6 Å². The maximum absolute atomic E-state index is 11.8. The van der Waals surface area contributed by atoms with Gasteiger partial charge in [-0.25, -0.2) is 0 Å². The molecule has 3 atom stereocenters. The normalized spacial score (nSPS) is 36.5. The highest BCUT2D eigenvalue weighted by Crippen LogP contribution is 2.33. The minimum atomic E-state index is 0.224. The third-order valence-electron chi connectivity index (χ3n) is 3.44. The van der Waals surface area contributed by atoms with Crippen molar-refractivity contribution in [2.75, 3.05) is 13.1 Å². The molecule has 2 N–H and O–H groups in total. The molecule has 14 heavy (non-hydrogen) atoms. The van der Waals surface area contributed by atoms with Crippen molar-refractivity contribution in [2.45, 2.75) is 38.6 Å². The van der Waals surface area contributed by atoms with Gasteiger partial charge in [-0.2, -0.15) is 0 Å². The highest BCUT2D eigenvalue weighted by molar-refractivity contribution is 5.79. The second-order valence-corrected chi connectivity index (χ2v) is 4.56. The van der Waals surface area contributed by atoms with E-state index in [0.717, 1.165) is 31.8 Å². The molecule has 0 bridgehead atoms. The Hall–Kier alpha value is -0.570. The van der Waals surface area contributed by atoms with Crippen LogP contribution in [0, 0.1) is 11.8 Å². The molecule has 3 unspecified atom stereocenters. The van der Waals surface area contributed by atoms with Gasteiger partial charge in [0.05, 0.1) is 5.92 Å². The molecule has 1 aliphatic heterocycles. The predicted molar refractivity (Wildman–Crippen MR) is 55.9 cm³/mol. The molecule has 2 fully saturated rings. The molecular formula is C11H20N2O.